The summed E-state index contributed by atoms with van der Waals surface area (Å²) in [6.07, 6.45) is 0. The van der Waals surface area contributed by atoms with E-state index in [2.05, 4.69) is 9.88 Å². The van der Waals surface area contributed by atoms with Crippen LogP contribution in [-0.4, -0.2) is 13.6 Å². The average Bonchev–Trinajstić information content (AvgIpc) is 2.63. The number of nitrogens with two attached hydrogens (primary N) is 1. The molecule has 0 aliphatic carbocycles. The van der Waals surface area contributed by atoms with Crippen LogP contribution in [0, 0.1) is 13.8 Å². The van der Waals surface area contributed by atoms with Gasteiger partial charge in [-0.25, -0.2) is 0 Å². The van der Waals surface area contributed by atoms with Crippen molar-refractivity contribution >= 4 is 21.4 Å². The highest BCUT2D eigenvalue weighted by Crippen LogP contribution is 2.21. The molecule has 3 N–H and O–H groups in total. The summed E-state index contributed by atoms with van der Waals surface area (Å²) in [7, 11) is -3.76. The minimum atomic E-state index is -3.76. The summed E-state index contributed by atoms with van der Waals surface area (Å²) in [4.78, 5) is 0. The fourth-order valence-electron chi connectivity index (χ4n) is 1.40. The highest BCUT2D eigenvalue weighted by molar-refractivity contribution is 7.92. The highest BCUT2D eigenvalue weighted by atomic mass is 32.2. The Morgan fingerprint density at radius 2 is 1.83 bits per heavy atom. The molecular weight excluding hydrogens is 254 g/mol. The van der Waals surface area contributed by atoms with Crippen LogP contribution in [-0.2, 0) is 10.0 Å². The lowest BCUT2D eigenvalue weighted by molar-refractivity contribution is 0.335. The van der Waals surface area contributed by atoms with Crippen LogP contribution in [0.1, 0.15) is 11.3 Å². The molecule has 0 unspecified atom stereocenters. The molecule has 6 nitrogen and oxygen atoms in total. The van der Waals surface area contributed by atoms with Crippen LogP contribution in [0.2, 0.25) is 0 Å². The Bertz CT molecular complexity index is 659. The predicted octanol–water partition coefficient (Wildman–Crippen LogP) is 1.67. The average molecular weight is 267 g/mol. The van der Waals surface area contributed by atoms with Gasteiger partial charge in [-0.1, -0.05) is 5.16 Å². The molecule has 0 radical (unpaired) electrons. The van der Waals surface area contributed by atoms with E-state index in [1.165, 1.54) is 0 Å². The molecule has 1 aromatic carbocycles. The van der Waals surface area contributed by atoms with Crippen molar-refractivity contribution in [1.82, 2.24) is 5.16 Å². The first-order valence-corrected chi connectivity index (χ1v) is 6.70. The minimum absolute atomic E-state index is 0.170. The molecule has 18 heavy (non-hydrogen) atoms. The third-order valence-electron chi connectivity index (χ3n) is 2.52. The van der Waals surface area contributed by atoms with E-state index in [0.29, 0.717) is 22.6 Å². The van der Waals surface area contributed by atoms with Crippen molar-refractivity contribution in [3.63, 3.8) is 0 Å². The number of benzene rings is 1. The first-order valence-electron chi connectivity index (χ1n) is 5.21. The third kappa shape index (κ3) is 2.30. The first kappa shape index (κ1) is 12.4. The number of anilines is 2. The fraction of sp³-hybridized carbons (Fsp3) is 0.182. The van der Waals surface area contributed by atoms with Gasteiger partial charge in [0.1, 0.15) is 0 Å². The van der Waals surface area contributed by atoms with Gasteiger partial charge in [0.15, 0.2) is 0 Å². The van der Waals surface area contributed by atoms with E-state index in [0.717, 1.165) is 0 Å². The predicted molar refractivity (Wildman–Crippen MR) is 67.6 cm³/mol. The largest absolute Gasteiger partial charge is 0.399 e. The maximum atomic E-state index is 12.0. The second kappa shape index (κ2) is 4.34. The Kier molecular flexibility index (Phi) is 3.00. The molecule has 1 heterocycles. The number of aryl methyl sites for hydroxylation is 1. The number of hydrogen-bond donors (Lipinski definition) is 2. The topological polar surface area (TPSA) is 98.2 Å². The zero-order valence-corrected chi connectivity index (χ0v) is 10.8. The molecule has 96 valence electrons. The summed E-state index contributed by atoms with van der Waals surface area (Å²) in [6.45, 7) is 3.32. The zero-order chi connectivity index (χ0) is 13.3. The van der Waals surface area contributed by atoms with Crippen molar-refractivity contribution in [2.24, 2.45) is 0 Å². The summed E-state index contributed by atoms with van der Waals surface area (Å²) in [5.74, 6) is 0. The molecule has 0 aliphatic rings. The van der Waals surface area contributed by atoms with E-state index in [-0.39, 0.29) is 5.09 Å². The fourth-order valence-corrected chi connectivity index (χ4v) is 2.62. The molecule has 0 fully saturated rings. The van der Waals surface area contributed by atoms with Crippen molar-refractivity contribution in [3.8, 4) is 0 Å². The highest BCUT2D eigenvalue weighted by Gasteiger charge is 2.23. The van der Waals surface area contributed by atoms with Crippen LogP contribution >= 0.6 is 0 Å². The van der Waals surface area contributed by atoms with Gasteiger partial charge in [0, 0.05) is 16.9 Å². The summed E-state index contributed by atoms with van der Waals surface area (Å²) in [5, 5.41) is 3.45. The van der Waals surface area contributed by atoms with Gasteiger partial charge >= 0.3 is 0 Å². The number of sulfonamides is 1. The molecule has 1 aromatic heterocycles. The van der Waals surface area contributed by atoms with Crippen LogP contribution < -0.4 is 10.5 Å². The molecular formula is C11H13N3O3S. The van der Waals surface area contributed by atoms with Gasteiger partial charge in [0.25, 0.3) is 15.1 Å². The van der Waals surface area contributed by atoms with Crippen molar-refractivity contribution in [2.75, 3.05) is 10.5 Å². The van der Waals surface area contributed by atoms with E-state index in [4.69, 9.17) is 10.3 Å². The Morgan fingerprint density at radius 3 is 2.33 bits per heavy atom. The van der Waals surface area contributed by atoms with E-state index in [9.17, 15) is 8.42 Å². The molecule has 7 heteroatoms. The second-order valence-corrected chi connectivity index (χ2v) is 5.49. The molecule has 0 saturated carbocycles. The smallest absolute Gasteiger partial charge is 0.298 e. The molecule has 0 atom stereocenters. The monoisotopic (exact) mass is 267 g/mol. The molecule has 2 rings (SSSR count). The van der Waals surface area contributed by atoms with Gasteiger partial charge in [0.05, 0.1) is 5.69 Å². The van der Waals surface area contributed by atoms with E-state index in [1.54, 1.807) is 38.1 Å². The molecule has 0 saturated heterocycles. The minimum Gasteiger partial charge on any atom is -0.399 e. The van der Waals surface area contributed by atoms with Gasteiger partial charge in [0.2, 0.25) is 0 Å². The number of nitrogens with zero attached hydrogens (tertiary/aromatic N) is 1. The van der Waals surface area contributed by atoms with Gasteiger partial charge in [-0.15, -0.1) is 0 Å². The van der Waals surface area contributed by atoms with Crippen molar-refractivity contribution < 1.29 is 12.9 Å². The van der Waals surface area contributed by atoms with E-state index >= 15 is 0 Å². The van der Waals surface area contributed by atoms with Gasteiger partial charge in [-0.05, 0) is 38.1 Å². The lowest BCUT2D eigenvalue weighted by atomic mass is 10.3. The quantitative estimate of drug-likeness (QED) is 0.824. The Hall–Kier alpha value is -2.02. The number of nitrogen functional groups attached to an aromatic ring is 1. The summed E-state index contributed by atoms with van der Waals surface area (Å²) in [6, 6.07) is 6.36. The van der Waals surface area contributed by atoms with Gasteiger partial charge < -0.3 is 10.3 Å². The Morgan fingerprint density at radius 1 is 1.22 bits per heavy atom. The second-order valence-electron chi connectivity index (χ2n) is 3.91. The van der Waals surface area contributed by atoms with Crippen LogP contribution in [0.3, 0.4) is 0 Å². The molecule has 0 aliphatic heterocycles. The standard InChI is InChI=1S/C11H13N3O3S/c1-7-8(2)13-17-11(7)18(15,16)14-10-5-3-9(12)4-6-10/h3-6,14H,12H2,1-2H3. The molecule has 0 bridgehead atoms. The molecule has 0 amide bonds. The van der Waals surface area contributed by atoms with Crippen LogP contribution in [0.25, 0.3) is 0 Å². The maximum Gasteiger partial charge on any atom is 0.298 e. The van der Waals surface area contributed by atoms with Crippen LogP contribution in [0.15, 0.2) is 33.9 Å². The number of hydrogen-bond acceptors (Lipinski definition) is 5. The van der Waals surface area contributed by atoms with Crippen molar-refractivity contribution in [1.29, 1.82) is 0 Å². The zero-order valence-electron chi connectivity index (χ0n) is 9.97. The van der Waals surface area contributed by atoms with Crippen LogP contribution in [0.4, 0.5) is 11.4 Å². The normalized spacial score (nSPS) is 11.4. The van der Waals surface area contributed by atoms with Gasteiger partial charge in [-0.2, -0.15) is 8.42 Å². The third-order valence-corrected chi connectivity index (χ3v) is 3.89. The Labute approximate surface area is 105 Å². The van der Waals surface area contributed by atoms with E-state index < -0.39 is 10.0 Å². The molecule has 2 aromatic rings. The molecule has 0 spiro atoms. The summed E-state index contributed by atoms with van der Waals surface area (Å²) >= 11 is 0. The number of nitrogens with one attached hydrogen (secondary N) is 1. The summed E-state index contributed by atoms with van der Waals surface area (Å²) < 4.78 is 31.3. The maximum absolute atomic E-state index is 12.0. The van der Waals surface area contributed by atoms with Crippen molar-refractivity contribution in [3.05, 3.63) is 35.5 Å². The lowest BCUT2D eigenvalue weighted by Crippen LogP contribution is -2.13. The number of rotatable bonds is 3. The van der Waals surface area contributed by atoms with Gasteiger partial charge in [-0.3, -0.25) is 4.72 Å². The summed E-state index contributed by atoms with van der Waals surface area (Å²) in [5.41, 5.74) is 7.54. The SMILES string of the molecule is Cc1noc(S(=O)(=O)Nc2ccc(N)cc2)c1C. The van der Waals surface area contributed by atoms with E-state index in [1.807, 2.05) is 0 Å². The Balaban J connectivity index is 2.33. The lowest BCUT2D eigenvalue weighted by Gasteiger charge is -2.05. The number of aromatic nitrogens is 1. The van der Waals surface area contributed by atoms with Crippen molar-refractivity contribution in [2.45, 2.75) is 18.9 Å². The first-order chi connectivity index (χ1) is 8.40. The van der Waals surface area contributed by atoms with Crippen LogP contribution in [0.5, 0.6) is 0 Å².